The molecule has 8 nitrogen and oxygen atoms in total. The number of para-hydroxylation sites is 1. The number of benzene rings is 2. The fraction of sp³-hybridized carbons (Fsp3) is 0.304. The van der Waals surface area contributed by atoms with Crippen molar-refractivity contribution < 1.29 is 14.3 Å². The zero-order chi connectivity index (χ0) is 23.1. The lowest BCUT2D eigenvalue weighted by atomic mass is 10.2. The van der Waals surface area contributed by atoms with Gasteiger partial charge in [-0.25, -0.2) is 4.79 Å². The molecule has 0 aliphatic carbocycles. The van der Waals surface area contributed by atoms with Crippen LogP contribution in [0.15, 0.2) is 59.8 Å². The van der Waals surface area contributed by atoms with Crippen molar-refractivity contribution in [3.8, 4) is 22.8 Å². The molecule has 1 aromatic heterocycles. The third-order valence-corrected chi connectivity index (χ3v) is 5.58. The van der Waals surface area contributed by atoms with Crippen LogP contribution in [0.1, 0.15) is 20.8 Å². The molecule has 9 heteroatoms. The van der Waals surface area contributed by atoms with Crippen molar-refractivity contribution in [2.24, 2.45) is 5.92 Å². The van der Waals surface area contributed by atoms with E-state index in [-0.39, 0.29) is 0 Å². The van der Waals surface area contributed by atoms with Crippen molar-refractivity contribution in [2.45, 2.75) is 31.2 Å². The highest BCUT2D eigenvalue weighted by Crippen LogP contribution is 2.31. The number of hydrogen-bond acceptors (Lipinski definition) is 6. The van der Waals surface area contributed by atoms with Crippen LogP contribution in [-0.4, -0.2) is 45.6 Å². The van der Waals surface area contributed by atoms with Crippen LogP contribution >= 0.6 is 11.8 Å². The molecule has 0 aliphatic rings. The van der Waals surface area contributed by atoms with Gasteiger partial charge in [-0.15, -0.1) is 10.2 Å². The van der Waals surface area contributed by atoms with Crippen molar-refractivity contribution in [1.29, 1.82) is 0 Å². The molecule has 1 atom stereocenters. The van der Waals surface area contributed by atoms with E-state index in [2.05, 4.69) is 20.8 Å². The van der Waals surface area contributed by atoms with Crippen molar-refractivity contribution in [2.75, 3.05) is 13.7 Å². The maximum absolute atomic E-state index is 12.5. The predicted octanol–water partition coefficient (Wildman–Crippen LogP) is 3.91. The Morgan fingerprint density at radius 3 is 2.50 bits per heavy atom. The van der Waals surface area contributed by atoms with Gasteiger partial charge in [-0.3, -0.25) is 14.7 Å². The van der Waals surface area contributed by atoms with Gasteiger partial charge in [-0.2, -0.15) is 0 Å². The lowest BCUT2D eigenvalue weighted by Gasteiger charge is -2.14. The van der Waals surface area contributed by atoms with Gasteiger partial charge in [0.15, 0.2) is 11.0 Å². The van der Waals surface area contributed by atoms with E-state index in [0.717, 1.165) is 11.3 Å². The minimum Gasteiger partial charge on any atom is -0.497 e. The van der Waals surface area contributed by atoms with Gasteiger partial charge in [-0.05, 0) is 37.1 Å². The second kappa shape index (κ2) is 10.8. The van der Waals surface area contributed by atoms with Gasteiger partial charge in [-0.1, -0.05) is 55.9 Å². The van der Waals surface area contributed by atoms with E-state index < -0.39 is 17.2 Å². The smallest absolute Gasteiger partial charge is 0.321 e. The van der Waals surface area contributed by atoms with E-state index in [1.54, 1.807) is 14.0 Å². The molecule has 0 radical (unpaired) electrons. The normalized spacial score (nSPS) is 11.8. The number of nitrogens with zero attached hydrogens (tertiary/aromatic N) is 3. The molecule has 168 valence electrons. The number of thioether (sulfide) groups is 1. The number of aromatic nitrogens is 3. The lowest BCUT2D eigenvalue weighted by molar-refractivity contribution is -0.119. The number of ether oxygens (including phenoxy) is 1. The summed E-state index contributed by atoms with van der Waals surface area (Å²) in [6, 6.07) is 16.7. The highest BCUT2D eigenvalue weighted by Gasteiger charge is 2.23. The number of methoxy groups -OCH3 is 1. The molecule has 1 unspecified atom stereocenters. The standard InChI is InChI=1S/C23H27N5O3S/c1-15(2)14-24-22(30)25-21(29)16(3)32-23-27-26-20(17-9-8-12-19(13-17)31-4)28(23)18-10-6-5-7-11-18/h5-13,15-16H,14H2,1-4H3,(H2,24,25,29,30). The molecule has 1 heterocycles. The van der Waals surface area contributed by atoms with Crippen molar-refractivity contribution >= 4 is 23.7 Å². The Kier molecular flexibility index (Phi) is 7.88. The third-order valence-electron chi connectivity index (χ3n) is 4.53. The molecular weight excluding hydrogens is 426 g/mol. The van der Waals surface area contributed by atoms with E-state index in [4.69, 9.17) is 4.74 Å². The Balaban J connectivity index is 1.86. The number of amides is 3. The Morgan fingerprint density at radius 2 is 1.81 bits per heavy atom. The molecule has 0 bridgehead atoms. The second-order valence-corrected chi connectivity index (χ2v) is 8.87. The van der Waals surface area contributed by atoms with Crippen molar-refractivity contribution in [3.05, 3.63) is 54.6 Å². The van der Waals surface area contributed by atoms with Crippen LogP contribution in [0.2, 0.25) is 0 Å². The molecule has 0 spiro atoms. The average molecular weight is 454 g/mol. The lowest BCUT2D eigenvalue weighted by Crippen LogP contribution is -2.43. The number of carbonyl (C=O) groups is 2. The highest BCUT2D eigenvalue weighted by atomic mass is 32.2. The summed E-state index contributed by atoms with van der Waals surface area (Å²) in [6.45, 7) is 6.19. The molecule has 2 N–H and O–H groups in total. The topological polar surface area (TPSA) is 98.1 Å². The first-order valence-corrected chi connectivity index (χ1v) is 11.2. The quantitative estimate of drug-likeness (QED) is 0.502. The number of imide groups is 1. The third kappa shape index (κ3) is 5.88. The first-order valence-electron chi connectivity index (χ1n) is 10.3. The first kappa shape index (κ1) is 23.3. The van der Waals surface area contributed by atoms with E-state index in [0.29, 0.717) is 29.2 Å². The van der Waals surface area contributed by atoms with E-state index in [1.807, 2.05) is 73.0 Å². The van der Waals surface area contributed by atoms with Gasteiger partial charge in [0.05, 0.1) is 12.4 Å². The fourth-order valence-electron chi connectivity index (χ4n) is 2.87. The van der Waals surface area contributed by atoms with Crippen molar-refractivity contribution in [3.63, 3.8) is 0 Å². The zero-order valence-corrected chi connectivity index (χ0v) is 19.3. The Hall–Kier alpha value is -3.33. The molecule has 0 saturated heterocycles. The Labute approximate surface area is 191 Å². The van der Waals surface area contributed by atoms with E-state index in [1.165, 1.54) is 11.8 Å². The van der Waals surface area contributed by atoms with Crippen LogP contribution in [0.5, 0.6) is 5.75 Å². The minimum absolute atomic E-state index is 0.294. The number of nitrogens with one attached hydrogen (secondary N) is 2. The summed E-state index contributed by atoms with van der Waals surface area (Å²) in [5.74, 6) is 1.23. The average Bonchev–Trinajstić information content (AvgIpc) is 3.21. The fourth-order valence-corrected chi connectivity index (χ4v) is 3.74. The second-order valence-electron chi connectivity index (χ2n) is 7.56. The summed E-state index contributed by atoms with van der Waals surface area (Å²) in [6.07, 6.45) is 0. The monoisotopic (exact) mass is 453 g/mol. The van der Waals surface area contributed by atoms with E-state index in [9.17, 15) is 9.59 Å². The van der Waals surface area contributed by atoms with Gasteiger partial charge in [0, 0.05) is 17.8 Å². The van der Waals surface area contributed by atoms with Gasteiger partial charge in [0.25, 0.3) is 0 Å². The Morgan fingerprint density at radius 1 is 1.06 bits per heavy atom. The van der Waals surface area contributed by atoms with E-state index >= 15 is 0 Å². The van der Waals surface area contributed by atoms with Crippen molar-refractivity contribution in [1.82, 2.24) is 25.4 Å². The summed E-state index contributed by atoms with van der Waals surface area (Å²) in [4.78, 5) is 24.5. The minimum atomic E-state index is -0.565. The summed E-state index contributed by atoms with van der Waals surface area (Å²) in [7, 11) is 1.61. The molecule has 0 aliphatic heterocycles. The highest BCUT2D eigenvalue weighted by molar-refractivity contribution is 8.00. The summed E-state index contributed by atoms with van der Waals surface area (Å²) in [5, 5.41) is 13.8. The molecule has 3 amide bonds. The number of hydrogen-bond donors (Lipinski definition) is 2. The van der Waals surface area contributed by atoms with Crippen LogP contribution in [0, 0.1) is 5.92 Å². The van der Waals surface area contributed by atoms with Crippen LogP contribution in [0.3, 0.4) is 0 Å². The molecule has 32 heavy (non-hydrogen) atoms. The molecule has 0 saturated carbocycles. The van der Waals surface area contributed by atoms with Gasteiger partial charge >= 0.3 is 6.03 Å². The van der Waals surface area contributed by atoms with Crippen LogP contribution in [-0.2, 0) is 4.79 Å². The number of carbonyl (C=O) groups excluding carboxylic acids is 2. The number of urea groups is 1. The van der Waals surface area contributed by atoms with Crippen LogP contribution < -0.4 is 15.4 Å². The summed E-state index contributed by atoms with van der Waals surface area (Å²) in [5.41, 5.74) is 1.69. The summed E-state index contributed by atoms with van der Waals surface area (Å²) < 4.78 is 7.23. The SMILES string of the molecule is COc1cccc(-c2nnc(SC(C)C(=O)NC(=O)NCC(C)C)n2-c2ccccc2)c1. The Bertz CT molecular complexity index is 1070. The number of rotatable bonds is 8. The maximum atomic E-state index is 12.5. The maximum Gasteiger partial charge on any atom is 0.321 e. The molecule has 2 aromatic carbocycles. The largest absolute Gasteiger partial charge is 0.497 e. The first-order chi connectivity index (χ1) is 15.4. The van der Waals surface area contributed by atoms with Gasteiger partial charge in [0.2, 0.25) is 5.91 Å². The van der Waals surface area contributed by atoms with Crippen LogP contribution in [0.25, 0.3) is 17.1 Å². The predicted molar refractivity (Wildman–Crippen MR) is 125 cm³/mol. The van der Waals surface area contributed by atoms with Crippen LogP contribution in [0.4, 0.5) is 4.79 Å². The summed E-state index contributed by atoms with van der Waals surface area (Å²) >= 11 is 1.23. The molecule has 3 rings (SSSR count). The molecule has 3 aromatic rings. The van der Waals surface area contributed by atoms with Gasteiger partial charge in [0.1, 0.15) is 5.75 Å². The molecule has 0 fully saturated rings. The zero-order valence-electron chi connectivity index (χ0n) is 18.5. The molecular formula is C23H27N5O3S. The van der Waals surface area contributed by atoms with Gasteiger partial charge < -0.3 is 10.1 Å².